The molecule has 0 atom stereocenters. The SMILES string of the molecule is CCc1cncc2c1CCN2. The zero-order chi connectivity index (χ0) is 7.68. The van der Waals surface area contributed by atoms with E-state index in [9.17, 15) is 0 Å². The zero-order valence-corrected chi connectivity index (χ0v) is 6.72. The summed E-state index contributed by atoms with van der Waals surface area (Å²) >= 11 is 0. The van der Waals surface area contributed by atoms with E-state index in [1.807, 2.05) is 12.4 Å². The van der Waals surface area contributed by atoms with E-state index in [0.29, 0.717) is 0 Å². The normalized spacial score (nSPS) is 14.3. The zero-order valence-electron chi connectivity index (χ0n) is 6.72. The summed E-state index contributed by atoms with van der Waals surface area (Å²) in [7, 11) is 0. The Balaban J connectivity index is 2.50. The Bertz CT molecular complexity index is 268. The van der Waals surface area contributed by atoms with E-state index < -0.39 is 0 Å². The minimum atomic E-state index is 1.08. The van der Waals surface area contributed by atoms with Gasteiger partial charge in [-0.15, -0.1) is 0 Å². The van der Waals surface area contributed by atoms with Crippen molar-refractivity contribution >= 4 is 5.69 Å². The molecule has 0 spiro atoms. The van der Waals surface area contributed by atoms with Crippen molar-refractivity contribution < 1.29 is 0 Å². The van der Waals surface area contributed by atoms with Crippen LogP contribution in [0.25, 0.3) is 0 Å². The van der Waals surface area contributed by atoms with Gasteiger partial charge in [-0.2, -0.15) is 0 Å². The minimum Gasteiger partial charge on any atom is -0.383 e. The maximum Gasteiger partial charge on any atom is 0.0562 e. The molecule has 0 fully saturated rings. The van der Waals surface area contributed by atoms with Gasteiger partial charge in [-0.1, -0.05) is 6.92 Å². The molecule has 2 heterocycles. The third kappa shape index (κ3) is 0.985. The van der Waals surface area contributed by atoms with Crippen molar-refractivity contribution in [1.82, 2.24) is 4.98 Å². The molecule has 1 aliphatic rings. The number of hydrogen-bond acceptors (Lipinski definition) is 2. The van der Waals surface area contributed by atoms with E-state index in [4.69, 9.17) is 0 Å². The average molecular weight is 148 g/mol. The number of rotatable bonds is 1. The Hall–Kier alpha value is -1.05. The van der Waals surface area contributed by atoms with Crippen molar-refractivity contribution in [2.24, 2.45) is 0 Å². The third-order valence-corrected chi connectivity index (χ3v) is 2.22. The molecule has 0 aliphatic carbocycles. The van der Waals surface area contributed by atoms with Crippen molar-refractivity contribution in [2.45, 2.75) is 19.8 Å². The van der Waals surface area contributed by atoms with Crippen molar-refractivity contribution in [2.75, 3.05) is 11.9 Å². The Kier molecular flexibility index (Phi) is 1.53. The molecule has 0 radical (unpaired) electrons. The number of hydrogen-bond donors (Lipinski definition) is 1. The van der Waals surface area contributed by atoms with E-state index in [-0.39, 0.29) is 0 Å². The van der Waals surface area contributed by atoms with Crippen LogP contribution in [-0.2, 0) is 12.8 Å². The van der Waals surface area contributed by atoms with Gasteiger partial charge in [0.2, 0.25) is 0 Å². The van der Waals surface area contributed by atoms with Crippen LogP contribution in [0.2, 0.25) is 0 Å². The summed E-state index contributed by atoms with van der Waals surface area (Å²) in [5.41, 5.74) is 4.11. The number of nitrogens with zero attached hydrogens (tertiary/aromatic N) is 1. The molecule has 1 aromatic rings. The average Bonchev–Trinajstić information content (AvgIpc) is 2.50. The molecule has 0 saturated carbocycles. The molecule has 2 heteroatoms. The number of aryl methyl sites for hydroxylation is 1. The van der Waals surface area contributed by atoms with Gasteiger partial charge in [-0.25, -0.2) is 0 Å². The minimum absolute atomic E-state index is 1.08. The Morgan fingerprint density at radius 3 is 3.27 bits per heavy atom. The van der Waals surface area contributed by atoms with E-state index in [0.717, 1.165) is 13.0 Å². The van der Waals surface area contributed by atoms with Crippen molar-refractivity contribution in [3.8, 4) is 0 Å². The van der Waals surface area contributed by atoms with Crippen molar-refractivity contribution in [1.29, 1.82) is 0 Å². The predicted molar refractivity (Wildman–Crippen MR) is 45.8 cm³/mol. The van der Waals surface area contributed by atoms with Crippen LogP contribution in [0, 0.1) is 0 Å². The molecule has 2 rings (SSSR count). The lowest BCUT2D eigenvalue weighted by atomic mass is 10.1. The van der Waals surface area contributed by atoms with Gasteiger partial charge in [0.25, 0.3) is 0 Å². The lowest BCUT2D eigenvalue weighted by Crippen LogP contribution is -1.90. The first-order chi connectivity index (χ1) is 5.42. The summed E-state index contributed by atoms with van der Waals surface area (Å²) in [5, 5.41) is 3.31. The Morgan fingerprint density at radius 1 is 1.55 bits per heavy atom. The van der Waals surface area contributed by atoms with Gasteiger partial charge in [0.15, 0.2) is 0 Å². The molecule has 1 N–H and O–H groups in total. The Morgan fingerprint density at radius 2 is 2.45 bits per heavy atom. The van der Waals surface area contributed by atoms with Gasteiger partial charge in [-0.3, -0.25) is 4.98 Å². The molecule has 58 valence electrons. The van der Waals surface area contributed by atoms with Crippen LogP contribution in [0.3, 0.4) is 0 Å². The first-order valence-electron chi connectivity index (χ1n) is 4.11. The highest BCUT2D eigenvalue weighted by Crippen LogP contribution is 2.23. The molecule has 11 heavy (non-hydrogen) atoms. The molecular weight excluding hydrogens is 136 g/mol. The van der Waals surface area contributed by atoms with Gasteiger partial charge < -0.3 is 5.32 Å². The quantitative estimate of drug-likeness (QED) is 0.654. The summed E-state index contributed by atoms with van der Waals surface area (Å²) in [5.74, 6) is 0. The predicted octanol–water partition coefficient (Wildman–Crippen LogP) is 1.61. The standard InChI is InChI=1S/C9H12N2/c1-2-7-5-10-6-9-8(7)3-4-11-9/h5-6,11H,2-4H2,1H3. The Labute approximate surface area is 66.7 Å². The summed E-state index contributed by atoms with van der Waals surface area (Å²) in [6.45, 7) is 3.25. The molecule has 2 nitrogen and oxygen atoms in total. The maximum atomic E-state index is 4.16. The highest BCUT2D eigenvalue weighted by Gasteiger charge is 2.12. The van der Waals surface area contributed by atoms with Gasteiger partial charge in [0.05, 0.1) is 11.9 Å². The molecular formula is C9H12N2. The fourth-order valence-corrected chi connectivity index (χ4v) is 1.60. The molecule has 0 saturated heterocycles. The van der Waals surface area contributed by atoms with E-state index in [1.165, 1.54) is 23.2 Å². The number of anilines is 1. The lowest BCUT2D eigenvalue weighted by molar-refractivity contribution is 1.03. The first kappa shape index (κ1) is 6.65. The number of pyridine rings is 1. The van der Waals surface area contributed by atoms with Crippen LogP contribution in [0.15, 0.2) is 12.4 Å². The number of nitrogens with one attached hydrogen (secondary N) is 1. The fourth-order valence-electron chi connectivity index (χ4n) is 1.60. The van der Waals surface area contributed by atoms with Crippen LogP contribution < -0.4 is 5.32 Å². The van der Waals surface area contributed by atoms with Gasteiger partial charge in [0.1, 0.15) is 0 Å². The van der Waals surface area contributed by atoms with Crippen LogP contribution >= 0.6 is 0 Å². The topological polar surface area (TPSA) is 24.9 Å². The third-order valence-electron chi connectivity index (χ3n) is 2.22. The second-order valence-electron chi connectivity index (χ2n) is 2.86. The van der Waals surface area contributed by atoms with Crippen LogP contribution in [0.1, 0.15) is 18.1 Å². The second kappa shape index (κ2) is 2.53. The fraction of sp³-hybridized carbons (Fsp3) is 0.444. The van der Waals surface area contributed by atoms with Crippen LogP contribution in [-0.4, -0.2) is 11.5 Å². The van der Waals surface area contributed by atoms with Crippen LogP contribution in [0.5, 0.6) is 0 Å². The van der Waals surface area contributed by atoms with Gasteiger partial charge >= 0.3 is 0 Å². The highest BCUT2D eigenvalue weighted by molar-refractivity contribution is 5.56. The summed E-state index contributed by atoms with van der Waals surface area (Å²) in [6, 6.07) is 0. The number of aromatic nitrogens is 1. The highest BCUT2D eigenvalue weighted by atomic mass is 14.9. The molecule has 0 aromatic carbocycles. The van der Waals surface area contributed by atoms with Crippen LogP contribution in [0.4, 0.5) is 5.69 Å². The molecule has 0 bridgehead atoms. The largest absolute Gasteiger partial charge is 0.383 e. The maximum absolute atomic E-state index is 4.16. The van der Waals surface area contributed by atoms with Gasteiger partial charge in [0, 0.05) is 12.7 Å². The monoisotopic (exact) mass is 148 g/mol. The molecule has 0 unspecified atom stereocenters. The lowest BCUT2D eigenvalue weighted by Gasteiger charge is -2.02. The van der Waals surface area contributed by atoms with Crippen molar-refractivity contribution in [3.05, 3.63) is 23.5 Å². The van der Waals surface area contributed by atoms with E-state index in [2.05, 4.69) is 17.2 Å². The first-order valence-corrected chi connectivity index (χ1v) is 4.11. The van der Waals surface area contributed by atoms with Crippen molar-refractivity contribution in [3.63, 3.8) is 0 Å². The van der Waals surface area contributed by atoms with E-state index in [1.54, 1.807) is 0 Å². The molecule has 1 aliphatic heterocycles. The second-order valence-corrected chi connectivity index (χ2v) is 2.86. The molecule has 1 aromatic heterocycles. The van der Waals surface area contributed by atoms with E-state index >= 15 is 0 Å². The summed E-state index contributed by atoms with van der Waals surface area (Å²) < 4.78 is 0. The number of fused-ring (bicyclic) bond motifs is 1. The molecule has 0 amide bonds. The summed E-state index contributed by atoms with van der Waals surface area (Å²) in [4.78, 5) is 4.16. The smallest absolute Gasteiger partial charge is 0.0562 e. The summed E-state index contributed by atoms with van der Waals surface area (Å²) in [6.07, 6.45) is 6.16. The van der Waals surface area contributed by atoms with Gasteiger partial charge in [-0.05, 0) is 24.0 Å².